The van der Waals surface area contributed by atoms with Gasteiger partial charge in [0.2, 0.25) is 5.91 Å². The van der Waals surface area contributed by atoms with Gasteiger partial charge in [0.05, 0.1) is 13.2 Å². The van der Waals surface area contributed by atoms with Crippen LogP contribution in [0.15, 0.2) is 0 Å². The molecular weight excluding hydrogens is 326 g/mol. The number of aliphatic hydroxyl groups is 1. The molecule has 2 fully saturated rings. The maximum atomic E-state index is 12.8. The Hall–Kier alpha value is -1.83. The molecule has 2 unspecified atom stereocenters. The molecule has 0 aromatic carbocycles. The van der Waals surface area contributed by atoms with Crippen LogP contribution in [-0.4, -0.2) is 75.7 Å². The molecule has 25 heavy (non-hydrogen) atoms. The maximum absolute atomic E-state index is 12.8. The van der Waals surface area contributed by atoms with Gasteiger partial charge >= 0.3 is 6.09 Å². The third-order valence-electron chi connectivity index (χ3n) is 4.48. The molecular formula is C17H29N3O5. The van der Waals surface area contributed by atoms with E-state index in [0.29, 0.717) is 19.4 Å². The van der Waals surface area contributed by atoms with Crippen LogP contribution in [0.25, 0.3) is 0 Å². The summed E-state index contributed by atoms with van der Waals surface area (Å²) in [5.74, 6) is -0.684. The van der Waals surface area contributed by atoms with Gasteiger partial charge in [-0.05, 0) is 47.5 Å². The molecule has 8 heteroatoms. The van der Waals surface area contributed by atoms with Crippen LogP contribution in [0.5, 0.6) is 0 Å². The Balaban J connectivity index is 2.10. The third kappa shape index (κ3) is 3.73. The highest BCUT2D eigenvalue weighted by molar-refractivity contribution is 5.99. The number of amides is 3. The summed E-state index contributed by atoms with van der Waals surface area (Å²) in [5.41, 5.74) is -1.58. The van der Waals surface area contributed by atoms with Crippen LogP contribution < -0.4 is 5.32 Å². The van der Waals surface area contributed by atoms with Crippen molar-refractivity contribution in [1.82, 2.24) is 15.1 Å². The van der Waals surface area contributed by atoms with E-state index in [9.17, 15) is 19.5 Å². The molecule has 1 spiro atoms. The van der Waals surface area contributed by atoms with Gasteiger partial charge in [0, 0.05) is 12.6 Å². The van der Waals surface area contributed by atoms with Crippen molar-refractivity contribution in [3.05, 3.63) is 0 Å². The van der Waals surface area contributed by atoms with E-state index in [-0.39, 0.29) is 24.4 Å². The van der Waals surface area contributed by atoms with Gasteiger partial charge < -0.3 is 20.1 Å². The van der Waals surface area contributed by atoms with E-state index in [1.807, 2.05) is 13.8 Å². The monoisotopic (exact) mass is 355 g/mol. The van der Waals surface area contributed by atoms with E-state index in [2.05, 4.69) is 5.32 Å². The Morgan fingerprint density at radius 2 is 2.00 bits per heavy atom. The summed E-state index contributed by atoms with van der Waals surface area (Å²) in [6, 6.07) is -1.02. The van der Waals surface area contributed by atoms with E-state index in [1.54, 1.807) is 20.8 Å². The van der Waals surface area contributed by atoms with Gasteiger partial charge in [-0.15, -0.1) is 0 Å². The summed E-state index contributed by atoms with van der Waals surface area (Å²) < 4.78 is 5.41. The number of aliphatic hydroxyl groups excluding tert-OH is 1. The van der Waals surface area contributed by atoms with Crippen molar-refractivity contribution in [1.29, 1.82) is 0 Å². The Morgan fingerprint density at radius 1 is 1.36 bits per heavy atom. The standard InChI is InChI=1S/C17H29N3O5/c1-11(2)18-13(22)12(9-21)19-10-17(14(19)23)7-6-8-20(17)15(24)25-16(3,4)5/h11-12,21H,6-10H2,1-5H3,(H,18,22). The first-order valence-electron chi connectivity index (χ1n) is 8.75. The highest BCUT2D eigenvalue weighted by atomic mass is 16.6. The Labute approximate surface area is 148 Å². The van der Waals surface area contributed by atoms with Gasteiger partial charge in [-0.1, -0.05) is 0 Å². The number of nitrogens with one attached hydrogen (secondary N) is 1. The number of ether oxygens (including phenoxy) is 1. The topological polar surface area (TPSA) is 99.2 Å². The Bertz CT molecular complexity index is 557. The van der Waals surface area contributed by atoms with Gasteiger partial charge in [0.1, 0.15) is 17.2 Å². The molecule has 0 saturated carbocycles. The smallest absolute Gasteiger partial charge is 0.411 e. The average molecular weight is 355 g/mol. The number of hydrogen-bond donors (Lipinski definition) is 2. The highest BCUT2D eigenvalue weighted by Crippen LogP contribution is 2.40. The molecule has 2 N–H and O–H groups in total. The highest BCUT2D eigenvalue weighted by Gasteiger charge is 2.62. The minimum Gasteiger partial charge on any atom is -0.444 e. The summed E-state index contributed by atoms with van der Waals surface area (Å²) in [5, 5.41) is 12.3. The quantitative estimate of drug-likeness (QED) is 0.715. The molecule has 2 rings (SSSR count). The second kappa shape index (κ2) is 6.82. The van der Waals surface area contributed by atoms with E-state index in [1.165, 1.54) is 9.80 Å². The molecule has 0 radical (unpaired) electrons. The number of hydrogen-bond acceptors (Lipinski definition) is 5. The Kier molecular flexibility index (Phi) is 5.32. The summed E-state index contributed by atoms with van der Waals surface area (Å²) in [6.45, 7) is 9.20. The number of rotatable bonds is 4. The van der Waals surface area contributed by atoms with Crippen molar-refractivity contribution in [3.8, 4) is 0 Å². The lowest BCUT2D eigenvalue weighted by atomic mass is 9.84. The normalized spacial score (nSPS) is 24.5. The summed E-state index contributed by atoms with van der Waals surface area (Å²) in [6.07, 6.45) is 0.747. The van der Waals surface area contributed by atoms with Gasteiger partial charge in [0.15, 0.2) is 0 Å². The van der Waals surface area contributed by atoms with Crippen molar-refractivity contribution >= 4 is 17.9 Å². The molecule has 8 nitrogen and oxygen atoms in total. The lowest BCUT2D eigenvalue weighted by Gasteiger charge is -2.52. The molecule has 0 aromatic heterocycles. The van der Waals surface area contributed by atoms with Crippen LogP contribution >= 0.6 is 0 Å². The second-order valence-corrected chi connectivity index (χ2v) is 8.06. The van der Waals surface area contributed by atoms with Crippen molar-refractivity contribution < 1.29 is 24.2 Å². The number of nitrogens with zero attached hydrogens (tertiary/aromatic N) is 2. The summed E-state index contributed by atoms with van der Waals surface area (Å²) >= 11 is 0. The fraction of sp³-hybridized carbons (Fsp3) is 0.824. The van der Waals surface area contributed by atoms with Gasteiger partial charge in [-0.25, -0.2) is 4.79 Å². The van der Waals surface area contributed by atoms with Crippen molar-refractivity contribution in [2.45, 2.75) is 70.7 Å². The molecule has 3 amide bonds. The van der Waals surface area contributed by atoms with Crippen LogP contribution in [0, 0.1) is 0 Å². The first-order chi connectivity index (χ1) is 11.5. The van der Waals surface area contributed by atoms with Crippen LogP contribution in [0.4, 0.5) is 4.79 Å². The maximum Gasteiger partial charge on any atom is 0.411 e. The molecule has 0 aliphatic carbocycles. The molecule has 0 bridgehead atoms. The molecule has 2 aliphatic heterocycles. The fourth-order valence-electron chi connectivity index (χ4n) is 3.40. The van der Waals surface area contributed by atoms with Gasteiger partial charge in [-0.3, -0.25) is 14.5 Å². The fourth-order valence-corrected chi connectivity index (χ4v) is 3.40. The van der Waals surface area contributed by atoms with Crippen molar-refractivity contribution in [2.75, 3.05) is 19.7 Å². The third-order valence-corrected chi connectivity index (χ3v) is 4.48. The zero-order valence-corrected chi connectivity index (χ0v) is 15.7. The first-order valence-corrected chi connectivity index (χ1v) is 8.75. The number of carbonyl (C=O) groups is 3. The number of β-lactam (4-membered cyclic amide) rings is 1. The predicted molar refractivity (Wildman–Crippen MR) is 90.8 cm³/mol. The van der Waals surface area contributed by atoms with E-state index in [0.717, 1.165) is 0 Å². The van der Waals surface area contributed by atoms with Crippen LogP contribution in [-0.2, 0) is 14.3 Å². The first kappa shape index (κ1) is 19.5. The SMILES string of the molecule is CC(C)NC(=O)C(CO)N1CC2(CCCN2C(=O)OC(C)(C)C)C1=O. The molecule has 2 heterocycles. The van der Waals surface area contributed by atoms with E-state index < -0.39 is 29.9 Å². The zero-order valence-electron chi connectivity index (χ0n) is 15.7. The van der Waals surface area contributed by atoms with Gasteiger partial charge in [-0.2, -0.15) is 0 Å². The minimum atomic E-state index is -0.937. The number of carbonyl (C=O) groups excluding carboxylic acids is 3. The van der Waals surface area contributed by atoms with Crippen LogP contribution in [0.2, 0.25) is 0 Å². The average Bonchev–Trinajstić information content (AvgIpc) is 2.91. The Morgan fingerprint density at radius 3 is 2.48 bits per heavy atom. The predicted octanol–water partition coefficient (Wildman–Crippen LogP) is 0.484. The zero-order chi connectivity index (χ0) is 19.0. The van der Waals surface area contributed by atoms with Crippen LogP contribution in [0.1, 0.15) is 47.5 Å². The van der Waals surface area contributed by atoms with Crippen LogP contribution in [0.3, 0.4) is 0 Å². The minimum absolute atomic E-state index is 0.0865. The number of likely N-dealkylation sites (tertiary alicyclic amines) is 2. The van der Waals surface area contributed by atoms with Crippen molar-refractivity contribution in [2.24, 2.45) is 0 Å². The van der Waals surface area contributed by atoms with E-state index in [4.69, 9.17) is 4.74 Å². The lowest BCUT2D eigenvalue weighted by Crippen LogP contribution is -2.76. The second-order valence-electron chi connectivity index (χ2n) is 8.06. The molecule has 2 atom stereocenters. The molecule has 142 valence electrons. The summed E-state index contributed by atoms with van der Waals surface area (Å²) in [4.78, 5) is 40.3. The largest absolute Gasteiger partial charge is 0.444 e. The molecule has 0 aromatic rings. The summed E-state index contributed by atoms with van der Waals surface area (Å²) in [7, 11) is 0. The molecule has 2 aliphatic rings. The molecule has 2 saturated heterocycles. The van der Waals surface area contributed by atoms with E-state index >= 15 is 0 Å². The lowest BCUT2D eigenvalue weighted by molar-refractivity contribution is -0.169. The van der Waals surface area contributed by atoms with Crippen molar-refractivity contribution in [3.63, 3.8) is 0 Å². The van der Waals surface area contributed by atoms with Gasteiger partial charge in [0.25, 0.3) is 5.91 Å².